The maximum absolute atomic E-state index is 4.02. The molecule has 1 aromatic rings. The maximum Gasteiger partial charge on any atom is 0.0948 e. The van der Waals surface area contributed by atoms with Crippen LogP contribution in [0.4, 0.5) is 0 Å². The smallest absolute Gasteiger partial charge is 0.0948 e. The zero-order chi connectivity index (χ0) is 8.97. The lowest BCUT2D eigenvalue weighted by molar-refractivity contribution is 0.731. The van der Waals surface area contributed by atoms with E-state index in [-0.39, 0.29) is 0 Å². The first kappa shape index (κ1) is 9.00. The number of aryl methyl sites for hydroxylation is 1. The number of likely N-dealkylation sites (N-methyl/N-ethyl adjacent to an activating group) is 1. The van der Waals surface area contributed by atoms with Crippen molar-refractivity contribution in [3.8, 4) is 0 Å². The summed E-state index contributed by atoms with van der Waals surface area (Å²) >= 11 is 0. The van der Waals surface area contributed by atoms with Crippen molar-refractivity contribution in [2.24, 2.45) is 7.05 Å². The molecule has 3 heteroatoms. The number of nitrogens with one attached hydrogen (secondary N) is 1. The van der Waals surface area contributed by atoms with E-state index in [4.69, 9.17) is 0 Å². The monoisotopic (exact) mass is 165 g/mol. The molecule has 0 amide bonds. The Hall–Kier alpha value is -1.09. The fraction of sp³-hybridized carbons (Fsp3) is 0.444. The molecule has 0 fully saturated rings. The van der Waals surface area contributed by atoms with E-state index in [0.29, 0.717) is 6.04 Å². The summed E-state index contributed by atoms with van der Waals surface area (Å²) < 4.78 is 1.98. The van der Waals surface area contributed by atoms with Gasteiger partial charge in [-0.3, -0.25) is 0 Å². The highest BCUT2D eigenvalue weighted by Gasteiger charge is 1.93. The molecule has 1 unspecified atom stereocenters. The molecular weight excluding hydrogens is 150 g/mol. The van der Waals surface area contributed by atoms with E-state index >= 15 is 0 Å². The van der Waals surface area contributed by atoms with E-state index in [1.807, 2.05) is 24.9 Å². The minimum absolute atomic E-state index is 0.403. The van der Waals surface area contributed by atoms with Crippen molar-refractivity contribution in [2.75, 3.05) is 7.05 Å². The third kappa shape index (κ3) is 2.20. The van der Waals surface area contributed by atoms with Crippen molar-refractivity contribution in [3.05, 3.63) is 24.3 Å². The molecule has 1 atom stereocenters. The molecule has 0 saturated heterocycles. The van der Waals surface area contributed by atoms with Crippen LogP contribution in [0.1, 0.15) is 12.6 Å². The van der Waals surface area contributed by atoms with Gasteiger partial charge in [0, 0.05) is 13.1 Å². The second-order valence-electron chi connectivity index (χ2n) is 2.87. The lowest BCUT2D eigenvalue weighted by Crippen LogP contribution is -2.17. The van der Waals surface area contributed by atoms with Gasteiger partial charge < -0.3 is 9.88 Å². The van der Waals surface area contributed by atoms with Gasteiger partial charge in [-0.1, -0.05) is 6.08 Å². The van der Waals surface area contributed by atoms with E-state index in [2.05, 4.69) is 29.4 Å². The van der Waals surface area contributed by atoms with Crippen LogP contribution in [0, 0.1) is 0 Å². The summed E-state index contributed by atoms with van der Waals surface area (Å²) in [6.45, 7) is 2.10. The Morgan fingerprint density at radius 3 is 2.92 bits per heavy atom. The summed E-state index contributed by atoms with van der Waals surface area (Å²) in [5, 5.41) is 3.13. The largest absolute Gasteiger partial charge is 0.334 e. The van der Waals surface area contributed by atoms with E-state index in [9.17, 15) is 0 Å². The van der Waals surface area contributed by atoms with E-state index < -0.39 is 0 Å². The van der Waals surface area contributed by atoms with Crippen LogP contribution in [0.3, 0.4) is 0 Å². The molecule has 1 heterocycles. The SMILES string of the molecule is CNC(C)/C=C/c1cncn1C. The predicted molar refractivity (Wildman–Crippen MR) is 50.8 cm³/mol. The van der Waals surface area contributed by atoms with Gasteiger partial charge in [0.25, 0.3) is 0 Å². The number of hydrogen-bond donors (Lipinski definition) is 1. The Balaban J connectivity index is 2.63. The Morgan fingerprint density at radius 1 is 1.67 bits per heavy atom. The third-order valence-electron chi connectivity index (χ3n) is 1.86. The van der Waals surface area contributed by atoms with Crippen LogP contribution in [0.25, 0.3) is 6.08 Å². The van der Waals surface area contributed by atoms with Gasteiger partial charge in [-0.15, -0.1) is 0 Å². The first-order valence-electron chi connectivity index (χ1n) is 4.06. The van der Waals surface area contributed by atoms with E-state index in [0.717, 1.165) is 5.69 Å². The average Bonchev–Trinajstić information content (AvgIpc) is 2.47. The zero-order valence-corrected chi connectivity index (χ0v) is 7.78. The van der Waals surface area contributed by atoms with Crippen molar-refractivity contribution in [2.45, 2.75) is 13.0 Å². The van der Waals surface area contributed by atoms with Gasteiger partial charge in [0.05, 0.1) is 18.2 Å². The van der Waals surface area contributed by atoms with Gasteiger partial charge in [0.15, 0.2) is 0 Å². The summed E-state index contributed by atoms with van der Waals surface area (Å²) in [7, 11) is 3.93. The molecule has 1 N–H and O–H groups in total. The van der Waals surface area contributed by atoms with Gasteiger partial charge >= 0.3 is 0 Å². The molecule has 1 aromatic heterocycles. The Bertz CT molecular complexity index is 262. The quantitative estimate of drug-likeness (QED) is 0.725. The molecule has 0 aliphatic rings. The molecular formula is C9H15N3. The fourth-order valence-corrected chi connectivity index (χ4v) is 0.867. The number of rotatable bonds is 3. The normalized spacial score (nSPS) is 13.9. The number of aromatic nitrogens is 2. The number of nitrogens with zero attached hydrogens (tertiary/aromatic N) is 2. The van der Waals surface area contributed by atoms with Crippen molar-refractivity contribution in [3.63, 3.8) is 0 Å². The third-order valence-corrected chi connectivity index (χ3v) is 1.86. The van der Waals surface area contributed by atoms with Crippen LogP contribution in [-0.2, 0) is 7.05 Å². The molecule has 3 nitrogen and oxygen atoms in total. The van der Waals surface area contributed by atoms with Gasteiger partial charge in [0.1, 0.15) is 0 Å². The van der Waals surface area contributed by atoms with E-state index in [1.54, 1.807) is 6.33 Å². The molecule has 0 aliphatic carbocycles. The zero-order valence-electron chi connectivity index (χ0n) is 7.78. The predicted octanol–water partition coefficient (Wildman–Crippen LogP) is 1.04. The average molecular weight is 165 g/mol. The summed E-state index contributed by atoms with van der Waals surface area (Å²) in [6.07, 6.45) is 7.81. The minimum Gasteiger partial charge on any atom is -0.334 e. The van der Waals surface area contributed by atoms with Crippen LogP contribution in [0.5, 0.6) is 0 Å². The summed E-state index contributed by atoms with van der Waals surface area (Å²) in [6, 6.07) is 0.403. The first-order chi connectivity index (χ1) is 5.74. The maximum atomic E-state index is 4.02. The van der Waals surface area contributed by atoms with Crippen LogP contribution >= 0.6 is 0 Å². The topological polar surface area (TPSA) is 29.9 Å². The highest BCUT2D eigenvalue weighted by atomic mass is 15.0. The molecule has 0 saturated carbocycles. The molecule has 0 aromatic carbocycles. The summed E-state index contributed by atoms with van der Waals surface area (Å²) in [5.41, 5.74) is 1.12. The van der Waals surface area contributed by atoms with Gasteiger partial charge in [-0.2, -0.15) is 0 Å². The standard InChI is InChI=1S/C9H15N3/c1-8(10-2)4-5-9-6-11-7-12(9)3/h4-8,10H,1-3H3/b5-4+. The van der Waals surface area contributed by atoms with Gasteiger partial charge in [-0.25, -0.2) is 4.98 Å². The lowest BCUT2D eigenvalue weighted by atomic mass is 10.3. The summed E-state index contributed by atoms with van der Waals surface area (Å²) in [5.74, 6) is 0. The van der Waals surface area contributed by atoms with Crippen LogP contribution < -0.4 is 5.32 Å². The van der Waals surface area contributed by atoms with Gasteiger partial charge in [-0.05, 0) is 20.0 Å². The molecule has 0 spiro atoms. The van der Waals surface area contributed by atoms with Crippen LogP contribution in [-0.4, -0.2) is 22.6 Å². The Kier molecular flexibility index (Phi) is 3.05. The van der Waals surface area contributed by atoms with Crippen molar-refractivity contribution in [1.82, 2.24) is 14.9 Å². The molecule has 66 valence electrons. The number of hydrogen-bond acceptors (Lipinski definition) is 2. The first-order valence-corrected chi connectivity index (χ1v) is 4.06. The van der Waals surface area contributed by atoms with Crippen molar-refractivity contribution in [1.29, 1.82) is 0 Å². The number of imidazole rings is 1. The summed E-state index contributed by atoms with van der Waals surface area (Å²) in [4.78, 5) is 4.02. The molecule has 12 heavy (non-hydrogen) atoms. The minimum atomic E-state index is 0.403. The lowest BCUT2D eigenvalue weighted by Gasteiger charge is -2.01. The van der Waals surface area contributed by atoms with Crippen molar-refractivity contribution < 1.29 is 0 Å². The van der Waals surface area contributed by atoms with Gasteiger partial charge in [0.2, 0.25) is 0 Å². The van der Waals surface area contributed by atoms with E-state index in [1.165, 1.54) is 0 Å². The van der Waals surface area contributed by atoms with Crippen molar-refractivity contribution >= 4 is 6.08 Å². The van der Waals surface area contributed by atoms with Crippen LogP contribution in [0.15, 0.2) is 18.6 Å². The molecule has 0 aliphatic heterocycles. The fourth-order valence-electron chi connectivity index (χ4n) is 0.867. The Labute approximate surface area is 73.1 Å². The second kappa shape index (κ2) is 4.07. The molecule has 1 rings (SSSR count). The highest BCUT2D eigenvalue weighted by molar-refractivity contribution is 5.44. The van der Waals surface area contributed by atoms with Crippen LogP contribution in [0.2, 0.25) is 0 Å². The molecule has 0 radical (unpaired) electrons. The highest BCUT2D eigenvalue weighted by Crippen LogP contribution is 1.99. The Morgan fingerprint density at radius 2 is 2.42 bits per heavy atom. The molecule has 0 bridgehead atoms. The second-order valence-corrected chi connectivity index (χ2v) is 2.87.